The van der Waals surface area contributed by atoms with Gasteiger partial charge in [0.05, 0.1) is 5.69 Å². The van der Waals surface area contributed by atoms with Crippen molar-refractivity contribution in [3.05, 3.63) is 11.9 Å². The fourth-order valence-corrected chi connectivity index (χ4v) is 2.31. The van der Waals surface area contributed by atoms with Gasteiger partial charge in [0.1, 0.15) is 0 Å². The molecule has 0 radical (unpaired) electrons. The first-order chi connectivity index (χ1) is 6.34. The Bertz CT molecular complexity index is 325. The van der Waals surface area contributed by atoms with Crippen LogP contribution >= 0.6 is 0 Å². The Morgan fingerprint density at radius 2 is 2.31 bits per heavy atom. The lowest BCUT2D eigenvalue weighted by atomic mass is 10.1. The van der Waals surface area contributed by atoms with Crippen LogP contribution in [-0.4, -0.2) is 16.1 Å². The zero-order valence-electron chi connectivity index (χ0n) is 7.95. The van der Waals surface area contributed by atoms with Crippen molar-refractivity contribution in [2.75, 3.05) is 11.9 Å². The molecule has 2 heterocycles. The van der Waals surface area contributed by atoms with Gasteiger partial charge in [0.15, 0.2) is 0 Å². The number of anilines is 1. The first kappa shape index (κ1) is 7.42. The molecule has 1 aliphatic heterocycles. The second kappa shape index (κ2) is 2.50. The molecule has 70 valence electrons. The molecule has 1 aliphatic carbocycles. The van der Waals surface area contributed by atoms with E-state index in [1.807, 2.05) is 0 Å². The maximum Gasteiger partial charge on any atom is 0.203 e. The summed E-state index contributed by atoms with van der Waals surface area (Å²) >= 11 is 0. The van der Waals surface area contributed by atoms with E-state index < -0.39 is 0 Å². The van der Waals surface area contributed by atoms with E-state index in [4.69, 9.17) is 0 Å². The van der Waals surface area contributed by atoms with Gasteiger partial charge in [-0.2, -0.15) is 0 Å². The van der Waals surface area contributed by atoms with Crippen LogP contribution in [0.5, 0.6) is 0 Å². The quantitative estimate of drug-likeness (QED) is 0.710. The van der Waals surface area contributed by atoms with E-state index in [9.17, 15) is 0 Å². The summed E-state index contributed by atoms with van der Waals surface area (Å²) in [6.07, 6.45) is 6.29. The van der Waals surface area contributed by atoms with Crippen molar-refractivity contribution in [3.8, 4) is 0 Å². The largest absolute Gasteiger partial charge is 0.356 e. The van der Waals surface area contributed by atoms with Crippen LogP contribution < -0.4 is 5.32 Å². The van der Waals surface area contributed by atoms with Crippen molar-refractivity contribution in [1.29, 1.82) is 0 Å². The van der Waals surface area contributed by atoms with Crippen LogP contribution in [0, 0.1) is 12.8 Å². The van der Waals surface area contributed by atoms with E-state index in [2.05, 4.69) is 28.0 Å². The first-order valence-corrected chi connectivity index (χ1v) is 5.14. The van der Waals surface area contributed by atoms with Gasteiger partial charge in [0.2, 0.25) is 5.95 Å². The highest BCUT2D eigenvalue weighted by atomic mass is 15.2. The molecule has 1 fully saturated rings. The average Bonchev–Trinajstić information content (AvgIpc) is 2.86. The molecule has 1 aromatic heterocycles. The highest BCUT2D eigenvalue weighted by molar-refractivity contribution is 5.32. The van der Waals surface area contributed by atoms with Crippen molar-refractivity contribution in [1.82, 2.24) is 9.55 Å². The number of nitrogens with one attached hydrogen (secondary N) is 1. The molecule has 1 atom stereocenters. The Morgan fingerprint density at radius 3 is 3.08 bits per heavy atom. The summed E-state index contributed by atoms with van der Waals surface area (Å²) in [7, 11) is 0. The van der Waals surface area contributed by atoms with E-state index in [1.54, 1.807) is 0 Å². The summed E-state index contributed by atoms with van der Waals surface area (Å²) in [6, 6.07) is 0.734. The summed E-state index contributed by atoms with van der Waals surface area (Å²) in [6.45, 7) is 3.16. The minimum atomic E-state index is 0.734. The Hall–Kier alpha value is -0.990. The van der Waals surface area contributed by atoms with Crippen LogP contribution in [0.1, 0.15) is 31.0 Å². The highest BCUT2D eigenvalue weighted by Crippen LogP contribution is 2.43. The van der Waals surface area contributed by atoms with Gasteiger partial charge >= 0.3 is 0 Å². The Labute approximate surface area is 78.2 Å². The standard InChI is InChI=1S/C10H15N3/c1-7-6-13-9(8-2-3-8)4-5-11-10(13)12-7/h6,8-9H,2-5H2,1H3,(H,11,12). The molecule has 3 heteroatoms. The Kier molecular flexibility index (Phi) is 1.43. The highest BCUT2D eigenvalue weighted by Gasteiger charge is 2.34. The number of hydrogen-bond acceptors (Lipinski definition) is 2. The van der Waals surface area contributed by atoms with Gasteiger partial charge in [0.25, 0.3) is 0 Å². The minimum Gasteiger partial charge on any atom is -0.356 e. The van der Waals surface area contributed by atoms with E-state index in [0.717, 1.165) is 30.1 Å². The average molecular weight is 177 g/mol. The van der Waals surface area contributed by atoms with Crippen LogP contribution in [0.2, 0.25) is 0 Å². The minimum absolute atomic E-state index is 0.734. The monoisotopic (exact) mass is 177 g/mol. The molecular formula is C10H15N3. The molecule has 1 unspecified atom stereocenters. The molecule has 0 saturated heterocycles. The topological polar surface area (TPSA) is 29.9 Å². The normalized spacial score (nSPS) is 26.7. The fourth-order valence-electron chi connectivity index (χ4n) is 2.31. The molecule has 3 nitrogen and oxygen atoms in total. The molecule has 0 amide bonds. The summed E-state index contributed by atoms with van der Waals surface area (Å²) in [5.41, 5.74) is 1.13. The van der Waals surface area contributed by atoms with E-state index in [-0.39, 0.29) is 0 Å². The molecule has 1 N–H and O–H groups in total. The van der Waals surface area contributed by atoms with Gasteiger partial charge in [-0.05, 0) is 32.1 Å². The van der Waals surface area contributed by atoms with E-state index >= 15 is 0 Å². The van der Waals surface area contributed by atoms with Gasteiger partial charge in [0, 0.05) is 18.8 Å². The van der Waals surface area contributed by atoms with Crippen LogP contribution in [0.3, 0.4) is 0 Å². The van der Waals surface area contributed by atoms with Gasteiger partial charge in [-0.15, -0.1) is 0 Å². The molecule has 2 aliphatic rings. The number of aromatic nitrogens is 2. The zero-order valence-corrected chi connectivity index (χ0v) is 7.95. The lowest BCUT2D eigenvalue weighted by Crippen LogP contribution is -2.23. The molecule has 1 saturated carbocycles. The van der Waals surface area contributed by atoms with Gasteiger partial charge in [-0.25, -0.2) is 4.98 Å². The number of imidazole rings is 1. The maximum absolute atomic E-state index is 4.46. The second-order valence-corrected chi connectivity index (χ2v) is 4.23. The van der Waals surface area contributed by atoms with Crippen molar-refractivity contribution >= 4 is 5.95 Å². The van der Waals surface area contributed by atoms with Crippen LogP contribution in [0.4, 0.5) is 5.95 Å². The zero-order chi connectivity index (χ0) is 8.84. The molecular weight excluding hydrogens is 162 g/mol. The predicted molar refractivity (Wildman–Crippen MR) is 51.8 cm³/mol. The van der Waals surface area contributed by atoms with Crippen LogP contribution in [-0.2, 0) is 0 Å². The Morgan fingerprint density at radius 1 is 1.46 bits per heavy atom. The first-order valence-electron chi connectivity index (χ1n) is 5.14. The molecule has 1 aromatic rings. The molecule has 3 rings (SSSR count). The molecule has 0 spiro atoms. The summed E-state index contributed by atoms with van der Waals surface area (Å²) in [5.74, 6) is 2.02. The molecule has 0 bridgehead atoms. The lowest BCUT2D eigenvalue weighted by Gasteiger charge is -2.25. The maximum atomic E-state index is 4.46. The van der Waals surface area contributed by atoms with E-state index in [1.165, 1.54) is 19.3 Å². The van der Waals surface area contributed by atoms with Gasteiger partial charge in [-0.3, -0.25) is 0 Å². The third-order valence-corrected chi connectivity index (χ3v) is 3.10. The number of hydrogen-bond donors (Lipinski definition) is 1. The third kappa shape index (κ3) is 1.14. The van der Waals surface area contributed by atoms with E-state index in [0.29, 0.717) is 0 Å². The predicted octanol–water partition coefficient (Wildman–Crippen LogP) is 1.96. The van der Waals surface area contributed by atoms with Crippen LogP contribution in [0.25, 0.3) is 0 Å². The van der Waals surface area contributed by atoms with Crippen molar-refractivity contribution in [2.45, 2.75) is 32.2 Å². The van der Waals surface area contributed by atoms with Gasteiger partial charge in [-0.1, -0.05) is 0 Å². The summed E-state index contributed by atoms with van der Waals surface area (Å²) < 4.78 is 2.34. The number of fused-ring (bicyclic) bond motifs is 1. The second-order valence-electron chi connectivity index (χ2n) is 4.23. The smallest absolute Gasteiger partial charge is 0.203 e. The van der Waals surface area contributed by atoms with Crippen molar-refractivity contribution < 1.29 is 0 Å². The van der Waals surface area contributed by atoms with Gasteiger partial charge < -0.3 is 9.88 Å². The number of nitrogens with zero attached hydrogens (tertiary/aromatic N) is 2. The molecule has 0 aromatic carbocycles. The summed E-state index contributed by atoms with van der Waals surface area (Å²) in [5, 5.41) is 3.35. The molecule has 13 heavy (non-hydrogen) atoms. The van der Waals surface area contributed by atoms with Crippen molar-refractivity contribution in [3.63, 3.8) is 0 Å². The van der Waals surface area contributed by atoms with Crippen molar-refractivity contribution in [2.24, 2.45) is 5.92 Å². The number of rotatable bonds is 1. The SMILES string of the molecule is Cc1cn2c(n1)NCCC2C1CC1. The van der Waals surface area contributed by atoms with Crippen LogP contribution in [0.15, 0.2) is 6.20 Å². The Balaban J connectivity index is 1.99. The number of aryl methyl sites for hydroxylation is 1. The fraction of sp³-hybridized carbons (Fsp3) is 0.700. The third-order valence-electron chi connectivity index (χ3n) is 3.10. The summed E-state index contributed by atoms with van der Waals surface area (Å²) in [4.78, 5) is 4.46. The lowest BCUT2D eigenvalue weighted by molar-refractivity contribution is 0.410.